The number of aliphatic carboxylic acids is 1. The van der Waals surface area contributed by atoms with Crippen molar-refractivity contribution in [3.8, 4) is 0 Å². The number of allylic oxidation sites excluding steroid dienone is 22. The second-order valence-corrected chi connectivity index (χ2v) is 26.6. The lowest BCUT2D eigenvalue weighted by Crippen LogP contribution is -2.44. The number of carbonyl (C=O) groups excluding carboxylic acids is 3. The molecule has 0 aromatic carbocycles. The van der Waals surface area contributed by atoms with E-state index in [1.165, 1.54) is 180 Å². The Bertz CT molecular complexity index is 2000. The summed E-state index contributed by atoms with van der Waals surface area (Å²) in [5.41, 5.74) is 0. The SMILES string of the molecule is CC/C=C\C/C=C\C/C=C\C/C=C\C/C=C\C/C=C\C/C=C\C/C=C\C/C=C\C/C=C\C/C=C\CCCCCC(=O)OC(COC(=O)CCCCCCCCCCCCCCCCCCCCCCCCCCCCCCCCC)COC(OCC[N+](C)(C)C)C(=O)[O-]. The summed E-state index contributed by atoms with van der Waals surface area (Å²) in [6.07, 6.45) is 103. The highest BCUT2D eigenvalue weighted by molar-refractivity contribution is 5.70. The molecule has 0 aromatic rings. The highest BCUT2D eigenvalue weighted by atomic mass is 16.7. The monoisotopic (exact) mass is 1290 g/mol. The maximum atomic E-state index is 12.9. The van der Waals surface area contributed by atoms with Crippen LogP contribution in [0.15, 0.2) is 134 Å². The topological polar surface area (TPSA) is 111 Å². The van der Waals surface area contributed by atoms with Crippen molar-refractivity contribution in [1.82, 2.24) is 0 Å². The number of carbonyl (C=O) groups is 3. The summed E-state index contributed by atoms with van der Waals surface area (Å²) in [5.74, 6) is -2.33. The average molecular weight is 1300 g/mol. The first-order chi connectivity index (χ1) is 45.6. The van der Waals surface area contributed by atoms with E-state index in [1.54, 1.807) is 0 Å². The molecule has 0 aliphatic heterocycles. The first-order valence-electron chi connectivity index (χ1n) is 38.3. The van der Waals surface area contributed by atoms with Gasteiger partial charge in [0, 0.05) is 12.8 Å². The number of esters is 2. The third-order valence-electron chi connectivity index (χ3n) is 16.4. The van der Waals surface area contributed by atoms with E-state index in [0.717, 1.165) is 109 Å². The highest BCUT2D eigenvalue weighted by Gasteiger charge is 2.22. The zero-order valence-corrected chi connectivity index (χ0v) is 60.8. The van der Waals surface area contributed by atoms with Gasteiger partial charge in [0.05, 0.1) is 40.3 Å². The van der Waals surface area contributed by atoms with E-state index >= 15 is 0 Å². The second kappa shape index (κ2) is 73.2. The van der Waals surface area contributed by atoms with Gasteiger partial charge in [0.25, 0.3) is 0 Å². The molecule has 9 nitrogen and oxygen atoms in total. The van der Waals surface area contributed by atoms with E-state index in [2.05, 4.69) is 148 Å². The molecule has 2 unspecified atom stereocenters. The first-order valence-corrected chi connectivity index (χ1v) is 38.3. The zero-order valence-electron chi connectivity index (χ0n) is 60.8. The largest absolute Gasteiger partial charge is 0.545 e. The summed E-state index contributed by atoms with van der Waals surface area (Å²) < 4.78 is 22.8. The van der Waals surface area contributed by atoms with Gasteiger partial charge < -0.3 is 33.3 Å². The molecule has 532 valence electrons. The molecule has 0 aliphatic carbocycles. The molecule has 0 bridgehead atoms. The average Bonchev–Trinajstić information content (AvgIpc) is 3.73. The molecule has 0 rings (SSSR count). The van der Waals surface area contributed by atoms with Gasteiger partial charge in [0.15, 0.2) is 12.4 Å². The third kappa shape index (κ3) is 74.7. The summed E-state index contributed by atoms with van der Waals surface area (Å²) in [5, 5.41) is 11.8. The Morgan fingerprint density at radius 1 is 0.333 bits per heavy atom. The van der Waals surface area contributed by atoms with E-state index in [9.17, 15) is 19.5 Å². The second-order valence-electron chi connectivity index (χ2n) is 26.6. The van der Waals surface area contributed by atoms with Crippen LogP contribution in [0.3, 0.4) is 0 Å². The van der Waals surface area contributed by atoms with Crippen LogP contribution in [0.25, 0.3) is 0 Å². The van der Waals surface area contributed by atoms with Crippen molar-refractivity contribution in [2.45, 2.75) is 334 Å². The maximum Gasteiger partial charge on any atom is 0.306 e. The molecule has 93 heavy (non-hydrogen) atoms. The standard InChI is InChI=1S/C84H143NO8/c1-6-8-10-12-14-16-18-20-22-24-26-28-30-32-34-36-38-39-40-41-42-43-45-47-49-51-53-55-57-59-61-63-65-67-69-71-73-75-82(87)93-80(79-92-84(83(88)89)90-77-76-85(3,4)5)78-91-81(86)74-72-70-68-66-64-62-60-58-56-54-52-50-48-46-44-37-35-33-31-29-27-25-23-21-19-17-15-13-11-9-7-2/h8,10,14,16,20,22,26,28,32,34,38-39,41-42,45,47,51,53,57,59,63,65,80,84H,6-7,9,11-13,15,17-19,21,23-25,27,29-31,33,35-37,40,43-44,46,48-50,52,54-56,58,60-62,64,66-79H2,1-5H3/b10-8-,16-14-,22-20-,28-26-,34-32-,39-38-,42-41-,47-45-,53-51-,59-57-,65-63-. The molecule has 2 atom stereocenters. The maximum absolute atomic E-state index is 12.9. The molecule has 0 N–H and O–H groups in total. The van der Waals surface area contributed by atoms with Crippen LogP contribution in [0, 0.1) is 0 Å². The Morgan fingerprint density at radius 2 is 0.613 bits per heavy atom. The molecule has 0 saturated heterocycles. The van der Waals surface area contributed by atoms with Gasteiger partial charge in [0.1, 0.15) is 13.2 Å². The number of unbranched alkanes of at least 4 members (excludes halogenated alkanes) is 33. The van der Waals surface area contributed by atoms with Crippen LogP contribution in [-0.2, 0) is 33.3 Å². The number of hydrogen-bond donors (Lipinski definition) is 0. The Labute approximate surface area is 573 Å². The fourth-order valence-corrected chi connectivity index (χ4v) is 10.6. The molecule has 0 heterocycles. The van der Waals surface area contributed by atoms with E-state index in [-0.39, 0.29) is 38.6 Å². The van der Waals surface area contributed by atoms with Gasteiger partial charge in [-0.3, -0.25) is 9.59 Å². The number of likely N-dealkylation sites (N-methyl/N-ethyl adjacent to an activating group) is 1. The first kappa shape index (κ1) is 88.4. The van der Waals surface area contributed by atoms with Crippen LogP contribution < -0.4 is 5.11 Å². The molecule has 9 heteroatoms. The summed E-state index contributed by atoms with van der Waals surface area (Å²) in [6.45, 7) is 4.62. The van der Waals surface area contributed by atoms with E-state index < -0.39 is 24.3 Å². The molecule has 0 radical (unpaired) electrons. The van der Waals surface area contributed by atoms with Crippen LogP contribution in [0.5, 0.6) is 0 Å². The molecule has 0 spiro atoms. The smallest absolute Gasteiger partial charge is 0.306 e. The van der Waals surface area contributed by atoms with Crippen molar-refractivity contribution in [2.24, 2.45) is 0 Å². The third-order valence-corrected chi connectivity index (χ3v) is 16.4. The van der Waals surface area contributed by atoms with Gasteiger partial charge in [0.2, 0.25) is 0 Å². The van der Waals surface area contributed by atoms with Crippen molar-refractivity contribution in [1.29, 1.82) is 0 Å². The van der Waals surface area contributed by atoms with Crippen molar-refractivity contribution in [3.05, 3.63) is 134 Å². The van der Waals surface area contributed by atoms with Gasteiger partial charge in [-0.15, -0.1) is 0 Å². The number of nitrogens with zero attached hydrogens (tertiary/aromatic N) is 1. The van der Waals surface area contributed by atoms with Crippen LogP contribution >= 0.6 is 0 Å². The van der Waals surface area contributed by atoms with E-state index in [1.807, 2.05) is 21.1 Å². The minimum atomic E-state index is -1.64. The Morgan fingerprint density at radius 3 is 0.914 bits per heavy atom. The van der Waals surface area contributed by atoms with E-state index in [4.69, 9.17) is 18.9 Å². The zero-order chi connectivity index (χ0) is 67.5. The summed E-state index contributed by atoms with van der Waals surface area (Å²) in [7, 11) is 5.92. The van der Waals surface area contributed by atoms with Gasteiger partial charge >= 0.3 is 11.9 Å². The van der Waals surface area contributed by atoms with Crippen LogP contribution in [0.1, 0.15) is 322 Å². The van der Waals surface area contributed by atoms with Crippen LogP contribution in [0.4, 0.5) is 0 Å². The predicted molar refractivity (Wildman–Crippen MR) is 398 cm³/mol. The summed E-state index contributed by atoms with van der Waals surface area (Å²) in [6, 6.07) is 0. The highest BCUT2D eigenvalue weighted by Crippen LogP contribution is 2.18. The lowest BCUT2D eigenvalue weighted by molar-refractivity contribution is -0.870. The molecular formula is C84H143NO8. The quantitative estimate of drug-likeness (QED) is 0.0195. The fraction of sp³-hybridized carbons (Fsp3) is 0.702. The molecule has 0 fully saturated rings. The van der Waals surface area contributed by atoms with Gasteiger partial charge in [-0.25, -0.2) is 0 Å². The Kier molecular flexibility index (Phi) is 69.6. The number of carboxylic acids is 1. The van der Waals surface area contributed by atoms with Gasteiger partial charge in [-0.05, 0) is 96.3 Å². The number of hydrogen-bond acceptors (Lipinski definition) is 8. The Hall–Kier alpha value is -4.57. The Balaban J connectivity index is 4.17. The minimum absolute atomic E-state index is 0.136. The van der Waals surface area contributed by atoms with Gasteiger partial charge in [-0.2, -0.15) is 0 Å². The fourth-order valence-electron chi connectivity index (χ4n) is 10.6. The van der Waals surface area contributed by atoms with Gasteiger partial charge in [-0.1, -0.05) is 347 Å². The molecule has 0 aromatic heterocycles. The van der Waals surface area contributed by atoms with Crippen molar-refractivity contribution < 1.29 is 42.9 Å². The number of carboxylic acid groups (broad SMARTS) is 1. The number of quaternary nitrogens is 1. The lowest BCUT2D eigenvalue weighted by atomic mass is 10.0. The molecule has 0 saturated carbocycles. The normalized spacial score (nSPS) is 13.4. The van der Waals surface area contributed by atoms with Crippen molar-refractivity contribution >= 4 is 17.9 Å². The number of ether oxygens (including phenoxy) is 4. The van der Waals surface area contributed by atoms with Crippen molar-refractivity contribution in [3.63, 3.8) is 0 Å². The molecular weight excluding hydrogens is 1150 g/mol. The summed E-state index contributed by atoms with van der Waals surface area (Å²) in [4.78, 5) is 37.5. The molecule has 0 amide bonds. The van der Waals surface area contributed by atoms with Crippen molar-refractivity contribution in [2.75, 3.05) is 47.5 Å². The van der Waals surface area contributed by atoms with E-state index in [0.29, 0.717) is 17.4 Å². The minimum Gasteiger partial charge on any atom is -0.545 e. The lowest BCUT2D eigenvalue weighted by Gasteiger charge is -2.26. The van der Waals surface area contributed by atoms with Crippen LogP contribution in [0.2, 0.25) is 0 Å². The number of rotatable bonds is 70. The van der Waals surface area contributed by atoms with Crippen LogP contribution in [-0.4, -0.2) is 82.3 Å². The predicted octanol–water partition coefficient (Wildman–Crippen LogP) is 23.1. The molecule has 0 aliphatic rings. The summed E-state index contributed by atoms with van der Waals surface area (Å²) >= 11 is 0.